The lowest BCUT2D eigenvalue weighted by Gasteiger charge is -2.09. The molecule has 0 aliphatic heterocycles. The van der Waals surface area contributed by atoms with Crippen LogP contribution in [0.5, 0.6) is 0 Å². The van der Waals surface area contributed by atoms with Crippen molar-refractivity contribution in [3.63, 3.8) is 0 Å². The lowest BCUT2D eigenvalue weighted by molar-refractivity contribution is -0.143. The zero-order valence-corrected chi connectivity index (χ0v) is 11.1. The van der Waals surface area contributed by atoms with E-state index in [1.165, 1.54) is 19.1 Å². The largest absolute Gasteiger partial charge is 0.477 e. The summed E-state index contributed by atoms with van der Waals surface area (Å²) in [5.74, 6) is -2.03. The van der Waals surface area contributed by atoms with E-state index < -0.39 is 29.4 Å². The van der Waals surface area contributed by atoms with Gasteiger partial charge in [0, 0.05) is 12.6 Å². The van der Waals surface area contributed by atoms with E-state index in [0.717, 1.165) is 19.2 Å². The molecule has 112 valence electrons. The first-order valence-corrected chi connectivity index (χ1v) is 5.90. The Morgan fingerprint density at radius 3 is 2.14 bits per heavy atom. The zero-order valence-electron chi connectivity index (χ0n) is 11.1. The molecule has 0 spiro atoms. The van der Waals surface area contributed by atoms with Crippen molar-refractivity contribution < 1.29 is 27.5 Å². The maximum atomic E-state index is 13.1. The molecule has 0 bridgehead atoms. The molecule has 21 heavy (non-hydrogen) atoms. The van der Waals surface area contributed by atoms with Crippen LogP contribution in [-0.4, -0.2) is 15.6 Å². The fourth-order valence-electron chi connectivity index (χ4n) is 2.45. The number of alkyl halides is 3. The van der Waals surface area contributed by atoms with Gasteiger partial charge in [0.25, 0.3) is 0 Å². The number of hydrogen-bond acceptors (Lipinski definition) is 1. The van der Waals surface area contributed by atoms with Crippen LogP contribution in [0.3, 0.4) is 0 Å². The number of hydrogen-bond donors (Lipinski definition) is 1. The van der Waals surface area contributed by atoms with Gasteiger partial charge in [0.05, 0.1) is 0 Å². The summed E-state index contributed by atoms with van der Waals surface area (Å²) >= 11 is 0. The quantitative estimate of drug-likeness (QED) is 0.856. The normalized spacial score (nSPS) is 11.7. The number of aromatic carboxylic acids is 1. The topological polar surface area (TPSA) is 42.2 Å². The Bertz CT molecular complexity index is 699. The van der Waals surface area contributed by atoms with E-state index in [9.17, 15) is 27.5 Å². The van der Waals surface area contributed by atoms with Gasteiger partial charge in [0.2, 0.25) is 0 Å². The highest BCUT2D eigenvalue weighted by molar-refractivity contribution is 5.96. The highest BCUT2D eigenvalue weighted by Gasteiger charge is 2.40. The van der Waals surface area contributed by atoms with Crippen LogP contribution in [-0.2, 0) is 13.2 Å². The van der Waals surface area contributed by atoms with Crippen LogP contribution >= 0.6 is 0 Å². The molecule has 3 nitrogen and oxygen atoms in total. The number of nitrogens with zero attached hydrogens (tertiary/aromatic N) is 1. The van der Waals surface area contributed by atoms with Gasteiger partial charge >= 0.3 is 12.1 Å². The first kappa shape index (κ1) is 15.1. The molecule has 0 saturated carbocycles. The molecule has 0 atom stereocenters. The van der Waals surface area contributed by atoms with Crippen molar-refractivity contribution in [3.05, 3.63) is 47.0 Å². The second kappa shape index (κ2) is 4.91. The Hall–Kier alpha value is -2.31. The van der Waals surface area contributed by atoms with Crippen molar-refractivity contribution in [3.8, 4) is 11.1 Å². The Morgan fingerprint density at radius 2 is 1.71 bits per heavy atom. The number of aromatic nitrogens is 1. The van der Waals surface area contributed by atoms with Crippen LogP contribution in [0.2, 0.25) is 0 Å². The Labute approximate surface area is 117 Å². The summed E-state index contributed by atoms with van der Waals surface area (Å²) in [6, 6.07) is 4.65. The molecule has 0 amide bonds. The number of benzene rings is 1. The molecule has 7 heteroatoms. The molecule has 1 aromatic carbocycles. The van der Waals surface area contributed by atoms with Gasteiger partial charge in [-0.1, -0.05) is 12.1 Å². The SMILES string of the molecule is Cc1c(-c2ccc(F)cc2)c(C(=O)O)n(C)c1C(F)(F)F. The second-order valence-corrected chi connectivity index (χ2v) is 4.57. The summed E-state index contributed by atoms with van der Waals surface area (Å²) in [4.78, 5) is 11.3. The highest BCUT2D eigenvalue weighted by atomic mass is 19.4. The fourth-order valence-corrected chi connectivity index (χ4v) is 2.45. The summed E-state index contributed by atoms with van der Waals surface area (Å²) in [7, 11) is 1.05. The van der Waals surface area contributed by atoms with E-state index in [0.29, 0.717) is 4.57 Å². The van der Waals surface area contributed by atoms with Gasteiger partial charge < -0.3 is 9.67 Å². The Morgan fingerprint density at radius 1 is 1.19 bits per heavy atom. The molecule has 1 heterocycles. The van der Waals surface area contributed by atoms with Crippen molar-refractivity contribution in [2.45, 2.75) is 13.1 Å². The maximum Gasteiger partial charge on any atom is 0.431 e. The molecule has 0 unspecified atom stereocenters. The van der Waals surface area contributed by atoms with Gasteiger partial charge in [0.1, 0.15) is 17.2 Å². The molecular weight excluding hydrogens is 290 g/mol. The summed E-state index contributed by atoms with van der Waals surface area (Å²) in [5.41, 5.74) is -1.55. The van der Waals surface area contributed by atoms with Gasteiger partial charge in [-0.15, -0.1) is 0 Å². The predicted octanol–water partition coefficient (Wildman–Crippen LogP) is 3.86. The third-order valence-electron chi connectivity index (χ3n) is 3.24. The lowest BCUT2D eigenvalue weighted by Crippen LogP contribution is -2.15. The standard InChI is InChI=1S/C14H11F4NO2/c1-7-10(8-3-5-9(15)6-4-8)11(13(20)21)19(2)12(7)14(16,17)18/h3-6H,1-2H3,(H,20,21). The van der Waals surface area contributed by atoms with E-state index >= 15 is 0 Å². The molecule has 1 N–H and O–H groups in total. The predicted molar refractivity (Wildman–Crippen MR) is 67.5 cm³/mol. The fraction of sp³-hybridized carbons (Fsp3) is 0.214. The zero-order chi connectivity index (χ0) is 15.9. The molecule has 1 aromatic heterocycles. The lowest BCUT2D eigenvalue weighted by atomic mass is 10.0. The van der Waals surface area contributed by atoms with Crippen LogP contribution in [0.4, 0.5) is 17.6 Å². The van der Waals surface area contributed by atoms with E-state index in [4.69, 9.17) is 0 Å². The van der Waals surface area contributed by atoms with Gasteiger partial charge in [0.15, 0.2) is 0 Å². The van der Waals surface area contributed by atoms with Crippen LogP contribution in [0.1, 0.15) is 21.7 Å². The number of rotatable bonds is 2. The first-order valence-electron chi connectivity index (χ1n) is 5.90. The molecule has 2 rings (SSSR count). The summed E-state index contributed by atoms with van der Waals surface area (Å²) in [5, 5.41) is 9.20. The van der Waals surface area contributed by atoms with Crippen LogP contribution in [0.15, 0.2) is 24.3 Å². The number of carbonyl (C=O) groups is 1. The summed E-state index contributed by atoms with van der Waals surface area (Å²) in [6.45, 7) is 1.20. The first-order chi connectivity index (χ1) is 9.64. The smallest absolute Gasteiger partial charge is 0.431 e. The molecule has 0 aliphatic carbocycles. The van der Waals surface area contributed by atoms with Gasteiger partial charge in [-0.2, -0.15) is 13.2 Å². The average molecular weight is 301 g/mol. The minimum absolute atomic E-state index is 0.0580. The molecule has 0 aliphatic rings. The van der Waals surface area contributed by atoms with Crippen molar-refractivity contribution in [1.29, 1.82) is 0 Å². The maximum absolute atomic E-state index is 13.1. The monoisotopic (exact) mass is 301 g/mol. The highest BCUT2D eigenvalue weighted by Crippen LogP contribution is 2.40. The molecule has 0 saturated heterocycles. The molecule has 0 radical (unpaired) electrons. The number of carboxylic acids is 1. The van der Waals surface area contributed by atoms with E-state index in [1.807, 2.05) is 0 Å². The van der Waals surface area contributed by atoms with Crippen molar-refractivity contribution in [2.75, 3.05) is 0 Å². The summed E-state index contributed by atoms with van der Waals surface area (Å²) in [6.07, 6.45) is -4.68. The van der Waals surface area contributed by atoms with Gasteiger partial charge in [-0.3, -0.25) is 0 Å². The molecular formula is C14H11F4NO2. The number of carboxylic acid groups (broad SMARTS) is 1. The molecule has 2 aromatic rings. The van der Waals surface area contributed by atoms with Crippen molar-refractivity contribution in [2.24, 2.45) is 7.05 Å². The average Bonchev–Trinajstić information content (AvgIpc) is 2.61. The van der Waals surface area contributed by atoms with Crippen molar-refractivity contribution >= 4 is 5.97 Å². The Kier molecular flexibility index (Phi) is 3.52. The third kappa shape index (κ3) is 2.51. The minimum atomic E-state index is -4.68. The van der Waals surface area contributed by atoms with E-state index in [-0.39, 0.29) is 16.7 Å². The van der Waals surface area contributed by atoms with Crippen LogP contribution < -0.4 is 0 Å². The van der Waals surface area contributed by atoms with Crippen molar-refractivity contribution in [1.82, 2.24) is 4.57 Å². The number of halogens is 4. The van der Waals surface area contributed by atoms with Crippen LogP contribution in [0, 0.1) is 12.7 Å². The van der Waals surface area contributed by atoms with Crippen LogP contribution in [0.25, 0.3) is 11.1 Å². The third-order valence-corrected chi connectivity index (χ3v) is 3.24. The Balaban J connectivity index is 2.82. The van der Waals surface area contributed by atoms with E-state index in [1.54, 1.807) is 0 Å². The second-order valence-electron chi connectivity index (χ2n) is 4.57. The molecule has 0 fully saturated rings. The van der Waals surface area contributed by atoms with E-state index in [2.05, 4.69) is 0 Å². The minimum Gasteiger partial charge on any atom is -0.477 e. The van der Waals surface area contributed by atoms with Gasteiger partial charge in [-0.25, -0.2) is 9.18 Å². The summed E-state index contributed by atoms with van der Waals surface area (Å²) < 4.78 is 52.8. The van der Waals surface area contributed by atoms with Gasteiger partial charge in [-0.05, 0) is 30.2 Å².